The van der Waals surface area contributed by atoms with Crippen molar-refractivity contribution in [1.29, 1.82) is 0 Å². The molecule has 1 saturated heterocycles. The lowest BCUT2D eigenvalue weighted by atomic mass is 9.82. The van der Waals surface area contributed by atoms with Gasteiger partial charge in [-0.3, -0.25) is 9.59 Å². The van der Waals surface area contributed by atoms with Crippen molar-refractivity contribution < 1.29 is 19.4 Å². The SMILES string of the molecule is O=C(O)[C@@H]1[C@H](C(=O)Nc2cccc(Br)c2)[C@H]2C=C[C@@H]1O2. The van der Waals surface area contributed by atoms with Crippen LogP contribution in [0.15, 0.2) is 40.9 Å². The van der Waals surface area contributed by atoms with E-state index in [2.05, 4.69) is 21.2 Å². The first-order valence-corrected chi connectivity index (χ1v) is 6.98. The van der Waals surface area contributed by atoms with Crippen molar-refractivity contribution in [3.63, 3.8) is 0 Å². The van der Waals surface area contributed by atoms with E-state index in [0.29, 0.717) is 5.69 Å². The first-order valence-electron chi connectivity index (χ1n) is 6.19. The topological polar surface area (TPSA) is 75.6 Å². The van der Waals surface area contributed by atoms with E-state index in [1.807, 2.05) is 6.07 Å². The fraction of sp³-hybridized carbons (Fsp3) is 0.286. The second kappa shape index (κ2) is 5.03. The lowest BCUT2D eigenvalue weighted by Gasteiger charge is -2.21. The van der Waals surface area contributed by atoms with Gasteiger partial charge in [0.15, 0.2) is 0 Å². The number of amides is 1. The van der Waals surface area contributed by atoms with Crippen LogP contribution < -0.4 is 5.32 Å². The first-order chi connectivity index (χ1) is 9.56. The summed E-state index contributed by atoms with van der Waals surface area (Å²) in [5, 5.41) is 12.0. The average molecular weight is 338 g/mol. The fourth-order valence-corrected chi connectivity index (χ4v) is 3.11. The van der Waals surface area contributed by atoms with E-state index >= 15 is 0 Å². The lowest BCUT2D eigenvalue weighted by Crippen LogP contribution is -2.39. The van der Waals surface area contributed by atoms with Crippen LogP contribution >= 0.6 is 15.9 Å². The molecule has 1 aromatic rings. The standard InChI is InChI=1S/C14H12BrNO4/c15-7-2-1-3-8(6-7)16-13(17)11-9-4-5-10(20-9)12(11)14(18)19/h1-6,9-12H,(H,16,17)(H,18,19)/t9-,10+,11-,12+/m1/s1. The Balaban J connectivity index is 1.80. The maximum atomic E-state index is 12.3. The van der Waals surface area contributed by atoms with Crippen LogP contribution in [0.25, 0.3) is 0 Å². The number of benzene rings is 1. The maximum absolute atomic E-state index is 12.3. The minimum atomic E-state index is -1.00. The molecule has 3 rings (SSSR count). The van der Waals surface area contributed by atoms with Crippen LogP contribution in [0.3, 0.4) is 0 Å². The van der Waals surface area contributed by atoms with Gasteiger partial charge in [-0.25, -0.2) is 0 Å². The summed E-state index contributed by atoms with van der Waals surface area (Å²) >= 11 is 3.32. The summed E-state index contributed by atoms with van der Waals surface area (Å²) in [6.45, 7) is 0. The van der Waals surface area contributed by atoms with Gasteiger partial charge in [-0.2, -0.15) is 0 Å². The second-order valence-corrected chi connectivity index (χ2v) is 5.76. The van der Waals surface area contributed by atoms with E-state index < -0.39 is 30.0 Å². The third kappa shape index (κ3) is 2.25. The van der Waals surface area contributed by atoms with Crippen LogP contribution in [-0.4, -0.2) is 29.2 Å². The van der Waals surface area contributed by atoms with Gasteiger partial charge in [0.25, 0.3) is 0 Å². The van der Waals surface area contributed by atoms with Crippen LogP contribution in [0.5, 0.6) is 0 Å². The molecule has 4 atom stereocenters. The number of anilines is 1. The van der Waals surface area contributed by atoms with Crippen molar-refractivity contribution in [2.24, 2.45) is 11.8 Å². The Morgan fingerprint density at radius 3 is 2.55 bits per heavy atom. The number of carbonyl (C=O) groups is 2. The Bertz CT molecular complexity index is 601. The molecule has 2 heterocycles. The van der Waals surface area contributed by atoms with Crippen molar-refractivity contribution in [3.05, 3.63) is 40.9 Å². The molecule has 0 spiro atoms. The van der Waals surface area contributed by atoms with Crippen LogP contribution in [0.2, 0.25) is 0 Å². The number of aliphatic carboxylic acids is 1. The van der Waals surface area contributed by atoms with Crippen molar-refractivity contribution in [2.75, 3.05) is 5.32 Å². The van der Waals surface area contributed by atoms with E-state index in [4.69, 9.17) is 4.74 Å². The van der Waals surface area contributed by atoms with Gasteiger partial charge in [-0.05, 0) is 18.2 Å². The molecule has 20 heavy (non-hydrogen) atoms. The van der Waals surface area contributed by atoms with E-state index in [1.165, 1.54) is 0 Å². The number of fused-ring (bicyclic) bond motifs is 2. The van der Waals surface area contributed by atoms with E-state index in [9.17, 15) is 14.7 Å². The van der Waals surface area contributed by atoms with Gasteiger partial charge in [-0.1, -0.05) is 34.1 Å². The second-order valence-electron chi connectivity index (χ2n) is 4.84. The monoisotopic (exact) mass is 337 g/mol. The van der Waals surface area contributed by atoms with Crippen molar-refractivity contribution in [3.8, 4) is 0 Å². The highest BCUT2D eigenvalue weighted by molar-refractivity contribution is 9.10. The highest BCUT2D eigenvalue weighted by atomic mass is 79.9. The molecule has 0 unspecified atom stereocenters. The Morgan fingerprint density at radius 2 is 1.90 bits per heavy atom. The van der Waals surface area contributed by atoms with E-state index in [0.717, 1.165) is 4.47 Å². The number of carboxylic acid groups (broad SMARTS) is 1. The molecule has 0 aromatic heterocycles. The predicted octanol–water partition coefficient (Wildman–Crippen LogP) is 2.04. The fourth-order valence-electron chi connectivity index (χ4n) is 2.71. The zero-order valence-corrected chi connectivity index (χ0v) is 11.9. The molecule has 1 fully saturated rings. The van der Waals surface area contributed by atoms with Gasteiger partial charge in [-0.15, -0.1) is 0 Å². The van der Waals surface area contributed by atoms with Gasteiger partial charge < -0.3 is 15.2 Å². The maximum Gasteiger partial charge on any atom is 0.310 e. The predicted molar refractivity (Wildman–Crippen MR) is 75.2 cm³/mol. The average Bonchev–Trinajstić information content (AvgIpc) is 2.98. The molecule has 1 aromatic carbocycles. The van der Waals surface area contributed by atoms with Gasteiger partial charge in [0.1, 0.15) is 5.92 Å². The minimum Gasteiger partial charge on any atom is -0.481 e. The number of rotatable bonds is 3. The van der Waals surface area contributed by atoms with Crippen LogP contribution in [0.1, 0.15) is 0 Å². The molecule has 2 aliphatic rings. The third-order valence-electron chi connectivity index (χ3n) is 3.58. The summed E-state index contributed by atoms with van der Waals surface area (Å²) in [6, 6.07) is 7.16. The number of halogens is 1. The Labute approximate surface area is 123 Å². The lowest BCUT2D eigenvalue weighted by molar-refractivity contribution is -0.145. The summed E-state index contributed by atoms with van der Waals surface area (Å²) < 4.78 is 6.32. The highest BCUT2D eigenvalue weighted by Crippen LogP contribution is 2.39. The molecule has 0 saturated carbocycles. The minimum absolute atomic E-state index is 0.327. The number of carboxylic acids is 1. The van der Waals surface area contributed by atoms with Gasteiger partial charge >= 0.3 is 5.97 Å². The van der Waals surface area contributed by atoms with Crippen molar-refractivity contribution in [1.82, 2.24) is 0 Å². The summed E-state index contributed by atoms with van der Waals surface area (Å²) in [7, 11) is 0. The molecule has 2 bridgehead atoms. The van der Waals surface area contributed by atoms with Crippen LogP contribution in [-0.2, 0) is 14.3 Å². The zero-order valence-electron chi connectivity index (χ0n) is 10.3. The zero-order chi connectivity index (χ0) is 14.3. The molecular weight excluding hydrogens is 326 g/mol. The van der Waals surface area contributed by atoms with Gasteiger partial charge in [0, 0.05) is 10.2 Å². The number of hydrogen-bond donors (Lipinski definition) is 2. The summed E-state index contributed by atoms with van der Waals surface area (Å²) in [5.74, 6) is -2.85. The number of nitrogens with one attached hydrogen (secondary N) is 1. The molecule has 2 aliphatic heterocycles. The molecule has 5 nitrogen and oxygen atoms in total. The normalized spacial score (nSPS) is 30.4. The van der Waals surface area contributed by atoms with Crippen LogP contribution in [0.4, 0.5) is 5.69 Å². The molecular formula is C14H12BrNO4. The number of carbonyl (C=O) groups excluding carboxylic acids is 1. The molecule has 0 aliphatic carbocycles. The highest BCUT2D eigenvalue weighted by Gasteiger charge is 2.53. The number of hydrogen-bond acceptors (Lipinski definition) is 3. The summed E-state index contributed by atoms with van der Waals surface area (Å²) in [5.41, 5.74) is 0.625. The van der Waals surface area contributed by atoms with Crippen LogP contribution in [0, 0.1) is 11.8 Å². The van der Waals surface area contributed by atoms with Gasteiger partial charge in [0.2, 0.25) is 5.91 Å². The first kappa shape index (κ1) is 13.3. The number of ether oxygens (including phenoxy) is 1. The molecule has 6 heteroatoms. The smallest absolute Gasteiger partial charge is 0.310 e. The van der Waals surface area contributed by atoms with Crippen molar-refractivity contribution >= 4 is 33.5 Å². The Hall–Kier alpha value is -1.66. The third-order valence-corrected chi connectivity index (χ3v) is 4.07. The largest absolute Gasteiger partial charge is 0.481 e. The summed E-state index contributed by atoms with van der Waals surface area (Å²) in [6.07, 6.45) is 2.52. The molecule has 0 radical (unpaired) electrons. The molecule has 2 N–H and O–H groups in total. The Morgan fingerprint density at radius 1 is 1.20 bits per heavy atom. The van der Waals surface area contributed by atoms with E-state index in [1.54, 1.807) is 30.4 Å². The van der Waals surface area contributed by atoms with Gasteiger partial charge in [0.05, 0.1) is 18.1 Å². The molecule has 1 amide bonds. The Kier molecular flexibility index (Phi) is 3.35. The molecule has 104 valence electrons. The van der Waals surface area contributed by atoms with E-state index in [-0.39, 0.29) is 5.91 Å². The van der Waals surface area contributed by atoms with Crippen molar-refractivity contribution in [2.45, 2.75) is 12.2 Å². The quantitative estimate of drug-likeness (QED) is 0.827. The summed E-state index contributed by atoms with van der Waals surface area (Å²) in [4.78, 5) is 23.6.